The van der Waals surface area contributed by atoms with E-state index in [4.69, 9.17) is 4.98 Å². The molecule has 1 aliphatic carbocycles. The summed E-state index contributed by atoms with van der Waals surface area (Å²) in [6.07, 6.45) is 2.25. The third kappa shape index (κ3) is 4.74. The Morgan fingerprint density at radius 1 is 1.15 bits per heavy atom. The van der Waals surface area contributed by atoms with E-state index >= 15 is 0 Å². The fourth-order valence-electron chi connectivity index (χ4n) is 6.06. The molecule has 0 unspecified atom stereocenters. The Labute approximate surface area is 202 Å². The fraction of sp³-hybridized carbons (Fsp3) is 0.720. The molecule has 3 fully saturated rings. The van der Waals surface area contributed by atoms with Gasteiger partial charge in [0.05, 0.1) is 0 Å². The van der Waals surface area contributed by atoms with Gasteiger partial charge in [-0.2, -0.15) is 0 Å². The van der Waals surface area contributed by atoms with Crippen molar-refractivity contribution in [3.05, 3.63) is 17.6 Å². The van der Waals surface area contributed by atoms with Gasteiger partial charge in [0.1, 0.15) is 23.7 Å². The standard InChI is InChI=1S/C25H38N6O3/c1-16(2)21-26-18(4)11-19(27-21)29-7-9-30(10-8-29)20(32)14-31-22(33)25(28-23(31)34)13-17(3)12-24(5,6)15-25/h11,16-17H,7-10,12-15H2,1-6H3,(H,28,34)/t17-,25-/m0/s1. The molecule has 4 amide bonds. The highest BCUT2D eigenvalue weighted by Gasteiger charge is 2.56. The fourth-order valence-corrected chi connectivity index (χ4v) is 6.06. The van der Waals surface area contributed by atoms with Crippen molar-refractivity contribution >= 4 is 23.7 Å². The molecule has 186 valence electrons. The first kappa shape index (κ1) is 24.4. The first-order valence-corrected chi connectivity index (χ1v) is 12.4. The number of aryl methyl sites for hydroxylation is 1. The number of rotatable bonds is 4. The average molecular weight is 471 g/mol. The maximum Gasteiger partial charge on any atom is 0.325 e. The molecular weight excluding hydrogens is 432 g/mol. The second-order valence-corrected chi connectivity index (χ2v) is 11.5. The molecule has 9 heteroatoms. The molecule has 9 nitrogen and oxygen atoms in total. The van der Waals surface area contributed by atoms with Crippen LogP contribution in [0.15, 0.2) is 6.07 Å². The summed E-state index contributed by atoms with van der Waals surface area (Å²) < 4.78 is 0. The topological polar surface area (TPSA) is 98.7 Å². The van der Waals surface area contributed by atoms with Gasteiger partial charge in [-0.25, -0.2) is 14.8 Å². The second kappa shape index (κ2) is 8.82. The van der Waals surface area contributed by atoms with Crippen LogP contribution in [0.1, 0.15) is 71.3 Å². The second-order valence-electron chi connectivity index (χ2n) is 11.5. The number of hydrogen-bond acceptors (Lipinski definition) is 6. The lowest BCUT2D eigenvalue weighted by molar-refractivity contribution is -0.140. The van der Waals surface area contributed by atoms with Crippen molar-refractivity contribution in [3.63, 3.8) is 0 Å². The van der Waals surface area contributed by atoms with Crippen molar-refractivity contribution in [2.45, 2.75) is 72.3 Å². The molecule has 2 saturated heterocycles. The van der Waals surface area contributed by atoms with Crippen LogP contribution in [0.2, 0.25) is 0 Å². The quantitative estimate of drug-likeness (QED) is 0.680. The van der Waals surface area contributed by atoms with Crippen LogP contribution in [0.4, 0.5) is 10.6 Å². The van der Waals surface area contributed by atoms with E-state index in [2.05, 4.69) is 49.8 Å². The highest BCUT2D eigenvalue weighted by molar-refractivity contribution is 6.09. The number of anilines is 1. The first-order chi connectivity index (χ1) is 15.9. The van der Waals surface area contributed by atoms with Crippen molar-refractivity contribution < 1.29 is 14.4 Å². The van der Waals surface area contributed by atoms with Crippen LogP contribution in [0.5, 0.6) is 0 Å². The van der Waals surface area contributed by atoms with E-state index in [1.165, 1.54) is 0 Å². The highest BCUT2D eigenvalue weighted by Crippen LogP contribution is 2.46. The van der Waals surface area contributed by atoms with E-state index in [1.54, 1.807) is 4.90 Å². The Kier molecular flexibility index (Phi) is 6.33. The highest BCUT2D eigenvalue weighted by atomic mass is 16.2. The van der Waals surface area contributed by atoms with Crippen LogP contribution >= 0.6 is 0 Å². The van der Waals surface area contributed by atoms with Crippen LogP contribution < -0.4 is 10.2 Å². The smallest absolute Gasteiger partial charge is 0.325 e. The van der Waals surface area contributed by atoms with Gasteiger partial charge in [0.25, 0.3) is 5.91 Å². The van der Waals surface area contributed by atoms with E-state index < -0.39 is 11.6 Å². The zero-order valence-corrected chi connectivity index (χ0v) is 21.3. The molecule has 1 spiro atoms. The number of urea groups is 1. The molecule has 2 aliphatic heterocycles. The normalized spacial score (nSPS) is 27.0. The van der Waals surface area contributed by atoms with Gasteiger partial charge in [-0.1, -0.05) is 34.6 Å². The number of nitrogens with zero attached hydrogens (tertiary/aromatic N) is 5. The molecule has 1 N–H and O–H groups in total. The zero-order valence-electron chi connectivity index (χ0n) is 21.3. The van der Waals surface area contributed by atoms with Crippen molar-refractivity contribution in [2.24, 2.45) is 11.3 Å². The summed E-state index contributed by atoms with van der Waals surface area (Å²) in [5, 5.41) is 2.96. The third-order valence-corrected chi connectivity index (χ3v) is 7.25. The van der Waals surface area contributed by atoms with Crippen LogP contribution in [0.3, 0.4) is 0 Å². The van der Waals surface area contributed by atoms with Gasteiger partial charge in [-0.05, 0) is 37.5 Å². The zero-order chi connectivity index (χ0) is 24.8. The van der Waals surface area contributed by atoms with Crippen LogP contribution in [0.25, 0.3) is 0 Å². The maximum atomic E-state index is 13.3. The first-order valence-electron chi connectivity index (χ1n) is 12.4. The van der Waals surface area contributed by atoms with E-state index in [9.17, 15) is 14.4 Å². The summed E-state index contributed by atoms with van der Waals surface area (Å²) in [5.74, 6) is 1.84. The van der Waals surface area contributed by atoms with E-state index in [0.717, 1.165) is 28.7 Å². The lowest BCUT2D eigenvalue weighted by atomic mass is 9.64. The van der Waals surface area contributed by atoms with Crippen LogP contribution in [0, 0.1) is 18.3 Å². The molecule has 3 aliphatic rings. The van der Waals surface area contributed by atoms with Gasteiger partial charge in [0, 0.05) is 43.9 Å². The van der Waals surface area contributed by atoms with Gasteiger partial charge in [-0.15, -0.1) is 0 Å². The Morgan fingerprint density at radius 2 is 1.82 bits per heavy atom. The predicted molar refractivity (Wildman–Crippen MR) is 129 cm³/mol. The molecule has 1 saturated carbocycles. The maximum absolute atomic E-state index is 13.3. The van der Waals surface area contributed by atoms with Crippen molar-refractivity contribution in [1.82, 2.24) is 25.1 Å². The Hall–Kier alpha value is -2.71. The van der Waals surface area contributed by atoms with Crippen molar-refractivity contribution in [1.29, 1.82) is 0 Å². The lowest BCUT2D eigenvalue weighted by Gasteiger charge is -2.43. The lowest BCUT2D eigenvalue weighted by Crippen LogP contribution is -2.55. The minimum Gasteiger partial charge on any atom is -0.353 e. The third-order valence-electron chi connectivity index (χ3n) is 7.25. The van der Waals surface area contributed by atoms with Gasteiger partial charge in [0.2, 0.25) is 5.91 Å². The number of aromatic nitrogens is 2. The minimum absolute atomic E-state index is 0.0360. The summed E-state index contributed by atoms with van der Waals surface area (Å²) in [6.45, 7) is 14.7. The number of carbonyl (C=O) groups is 3. The Morgan fingerprint density at radius 3 is 2.44 bits per heavy atom. The van der Waals surface area contributed by atoms with Gasteiger partial charge in [0.15, 0.2) is 0 Å². The van der Waals surface area contributed by atoms with E-state index in [-0.39, 0.29) is 29.7 Å². The van der Waals surface area contributed by atoms with E-state index in [1.807, 2.05) is 13.0 Å². The molecule has 0 radical (unpaired) electrons. The van der Waals surface area contributed by atoms with E-state index in [0.29, 0.717) is 44.9 Å². The Balaban J connectivity index is 1.38. The SMILES string of the molecule is Cc1cc(N2CCN(C(=O)CN3C(=O)N[C@]4(C[C@@H](C)CC(C)(C)C4)C3=O)CC2)nc(C(C)C)n1. The van der Waals surface area contributed by atoms with Gasteiger partial charge < -0.3 is 15.1 Å². The van der Waals surface area contributed by atoms with Crippen molar-refractivity contribution in [2.75, 3.05) is 37.6 Å². The van der Waals surface area contributed by atoms with Gasteiger partial charge in [-0.3, -0.25) is 14.5 Å². The summed E-state index contributed by atoms with van der Waals surface area (Å²) in [6, 6.07) is 1.53. The molecule has 1 aromatic rings. The minimum atomic E-state index is -0.879. The molecule has 2 atom stereocenters. The Bertz CT molecular complexity index is 985. The summed E-state index contributed by atoms with van der Waals surface area (Å²) >= 11 is 0. The van der Waals surface area contributed by atoms with Crippen LogP contribution in [-0.2, 0) is 9.59 Å². The monoisotopic (exact) mass is 470 g/mol. The number of hydrogen-bond donors (Lipinski definition) is 1. The molecule has 3 heterocycles. The number of imide groups is 1. The number of piperazine rings is 1. The molecule has 4 rings (SSSR count). The largest absolute Gasteiger partial charge is 0.353 e. The summed E-state index contributed by atoms with van der Waals surface area (Å²) in [5.41, 5.74) is 0.0157. The van der Waals surface area contributed by atoms with Crippen LogP contribution in [-0.4, -0.2) is 75.9 Å². The molecule has 0 aromatic carbocycles. The number of carbonyl (C=O) groups excluding carboxylic acids is 3. The summed E-state index contributed by atoms with van der Waals surface area (Å²) in [7, 11) is 0. The molecule has 34 heavy (non-hydrogen) atoms. The van der Waals surface area contributed by atoms with Crippen molar-refractivity contribution in [3.8, 4) is 0 Å². The predicted octanol–water partition coefficient (Wildman–Crippen LogP) is 2.69. The average Bonchev–Trinajstić information content (AvgIpc) is 2.95. The van der Waals surface area contributed by atoms with Gasteiger partial charge >= 0.3 is 6.03 Å². The molecule has 0 bridgehead atoms. The molecular formula is C25H38N6O3. The molecule has 1 aromatic heterocycles. The number of amides is 4. The summed E-state index contributed by atoms with van der Waals surface area (Å²) in [4.78, 5) is 53.4. The number of nitrogens with one attached hydrogen (secondary N) is 1.